The first kappa shape index (κ1) is 29.4. The summed E-state index contributed by atoms with van der Waals surface area (Å²) in [4.78, 5) is 12.1. The number of nitrogens with zero attached hydrogens (tertiary/aromatic N) is 4. The van der Waals surface area contributed by atoms with E-state index in [0.29, 0.717) is 0 Å². The van der Waals surface area contributed by atoms with E-state index in [4.69, 9.17) is 9.97 Å². The van der Waals surface area contributed by atoms with E-state index < -0.39 is 8.07 Å². The summed E-state index contributed by atoms with van der Waals surface area (Å²) in [7, 11) is -2.80. The van der Waals surface area contributed by atoms with Crippen molar-refractivity contribution in [3.63, 3.8) is 0 Å². The van der Waals surface area contributed by atoms with Crippen LogP contribution in [0.4, 0.5) is 17.1 Å². The lowest BCUT2D eigenvalue weighted by Gasteiger charge is -2.45. The van der Waals surface area contributed by atoms with Crippen molar-refractivity contribution in [1.29, 1.82) is 0 Å². The fraction of sp³-hybridized carbons (Fsp3) is 0. The van der Waals surface area contributed by atoms with Crippen LogP contribution in [0.15, 0.2) is 194 Å². The van der Waals surface area contributed by atoms with Gasteiger partial charge < -0.3 is 4.90 Å². The Labute approximate surface area is 297 Å². The molecule has 0 radical (unpaired) electrons. The number of rotatable bonds is 5. The van der Waals surface area contributed by atoms with Gasteiger partial charge in [-0.05, 0) is 75.3 Å². The minimum absolute atomic E-state index is 0.900. The van der Waals surface area contributed by atoms with Crippen LogP contribution < -0.4 is 25.6 Å². The fourth-order valence-corrected chi connectivity index (χ4v) is 13.3. The van der Waals surface area contributed by atoms with Gasteiger partial charge in [0, 0.05) is 45.8 Å². The highest BCUT2D eigenvalue weighted by Gasteiger charge is 2.48. The molecular formula is C46H32N4Si. The van der Waals surface area contributed by atoms with E-state index in [9.17, 15) is 0 Å². The molecule has 6 aromatic carbocycles. The molecule has 10 rings (SSSR count). The number of hydrogen-bond acceptors (Lipinski definition) is 3. The molecule has 0 unspecified atom stereocenters. The SMILES string of the molecule is c1ccc([Si]2(c3ccccc3)c3ccccc3N(c3ccc4c5ccccc5n(-c5ccccn5)c4c3)c3cc(-c4ccccn4)ccc32)cc1. The summed E-state index contributed by atoms with van der Waals surface area (Å²) >= 11 is 0. The molecule has 3 aromatic heterocycles. The lowest BCUT2D eigenvalue weighted by atomic mass is 10.1. The number of fused-ring (bicyclic) bond motifs is 5. The van der Waals surface area contributed by atoms with Gasteiger partial charge in [-0.2, -0.15) is 0 Å². The monoisotopic (exact) mass is 668 g/mol. The molecule has 0 bridgehead atoms. The van der Waals surface area contributed by atoms with Crippen LogP contribution in [0.2, 0.25) is 0 Å². The fourth-order valence-electron chi connectivity index (χ4n) is 8.26. The zero-order valence-electron chi connectivity index (χ0n) is 27.8. The predicted octanol–water partition coefficient (Wildman–Crippen LogP) is 8.40. The summed E-state index contributed by atoms with van der Waals surface area (Å²) in [5.74, 6) is 0.900. The molecule has 1 aliphatic heterocycles. The molecule has 4 heterocycles. The second kappa shape index (κ2) is 11.8. The van der Waals surface area contributed by atoms with Crippen molar-refractivity contribution in [3.8, 4) is 17.1 Å². The molecular weight excluding hydrogens is 637 g/mol. The van der Waals surface area contributed by atoms with Gasteiger partial charge in [0.05, 0.1) is 16.7 Å². The molecule has 0 saturated carbocycles. The average molecular weight is 669 g/mol. The second-order valence-corrected chi connectivity index (χ2v) is 16.8. The van der Waals surface area contributed by atoms with Gasteiger partial charge in [-0.3, -0.25) is 9.55 Å². The first-order valence-corrected chi connectivity index (χ1v) is 19.3. The Hall–Kier alpha value is -6.56. The van der Waals surface area contributed by atoms with Crippen LogP contribution in [0.1, 0.15) is 0 Å². The summed E-state index contributed by atoms with van der Waals surface area (Å²) in [6.45, 7) is 0. The van der Waals surface area contributed by atoms with Crippen LogP contribution in [0, 0.1) is 0 Å². The summed E-state index contributed by atoms with van der Waals surface area (Å²) in [5.41, 5.74) is 7.77. The third-order valence-corrected chi connectivity index (χ3v) is 15.2. The van der Waals surface area contributed by atoms with E-state index >= 15 is 0 Å². The average Bonchev–Trinajstić information content (AvgIpc) is 3.54. The van der Waals surface area contributed by atoms with Crippen LogP contribution in [-0.2, 0) is 0 Å². The normalized spacial score (nSPS) is 13.2. The highest BCUT2D eigenvalue weighted by atomic mass is 28.3. The number of hydrogen-bond donors (Lipinski definition) is 0. The molecule has 0 spiro atoms. The molecule has 0 amide bonds. The van der Waals surface area contributed by atoms with Crippen LogP contribution >= 0.6 is 0 Å². The molecule has 5 heteroatoms. The van der Waals surface area contributed by atoms with Gasteiger partial charge >= 0.3 is 0 Å². The van der Waals surface area contributed by atoms with Crippen molar-refractivity contribution >= 4 is 67.7 Å². The molecule has 0 fully saturated rings. The third-order valence-electron chi connectivity index (χ3n) is 10.4. The summed E-state index contributed by atoms with van der Waals surface area (Å²) in [5, 5.41) is 7.85. The van der Waals surface area contributed by atoms with Crippen LogP contribution in [0.3, 0.4) is 0 Å². The minimum atomic E-state index is -2.80. The number of aromatic nitrogens is 3. The zero-order chi connectivity index (χ0) is 33.8. The lowest BCUT2D eigenvalue weighted by Crippen LogP contribution is -2.77. The molecule has 51 heavy (non-hydrogen) atoms. The smallest absolute Gasteiger partial charge is 0.184 e. The van der Waals surface area contributed by atoms with Crippen LogP contribution in [-0.4, -0.2) is 22.6 Å². The van der Waals surface area contributed by atoms with Gasteiger partial charge in [-0.15, -0.1) is 0 Å². The Morgan fingerprint density at radius 1 is 0.431 bits per heavy atom. The van der Waals surface area contributed by atoms with E-state index in [-0.39, 0.29) is 0 Å². The molecule has 0 atom stereocenters. The topological polar surface area (TPSA) is 34.0 Å². The quantitative estimate of drug-likeness (QED) is 0.173. The van der Waals surface area contributed by atoms with Crippen molar-refractivity contribution in [2.24, 2.45) is 0 Å². The number of pyridine rings is 2. The van der Waals surface area contributed by atoms with Gasteiger partial charge in [0.25, 0.3) is 0 Å². The first-order valence-electron chi connectivity index (χ1n) is 17.3. The lowest BCUT2D eigenvalue weighted by molar-refractivity contribution is 1.08. The van der Waals surface area contributed by atoms with Gasteiger partial charge in [0.1, 0.15) is 5.82 Å². The molecule has 9 aromatic rings. The van der Waals surface area contributed by atoms with Crippen LogP contribution in [0.25, 0.3) is 38.9 Å². The highest BCUT2D eigenvalue weighted by molar-refractivity contribution is 7.21. The predicted molar refractivity (Wildman–Crippen MR) is 214 cm³/mol. The van der Waals surface area contributed by atoms with Crippen molar-refractivity contribution in [1.82, 2.24) is 14.5 Å². The van der Waals surface area contributed by atoms with Crippen molar-refractivity contribution < 1.29 is 0 Å². The Kier molecular flexibility index (Phi) is 6.79. The third kappa shape index (κ3) is 4.45. The van der Waals surface area contributed by atoms with E-state index in [2.05, 4.69) is 179 Å². The maximum atomic E-state index is 4.81. The molecule has 0 saturated heterocycles. The standard InChI is InChI=1S/C46H32N4Si/c1-3-15-35(16-4-1)51(36-17-5-2-6-18-36)44-23-10-9-22-41(44)49(43-31-33(25-28-45(43)51)39-20-11-13-29-47-39)34-26-27-38-37-19-7-8-21-40(37)50(42(38)32-34)46-24-12-14-30-48-46/h1-32H. The number of para-hydroxylation sites is 2. The Bertz CT molecular complexity index is 2650. The van der Waals surface area contributed by atoms with E-state index in [0.717, 1.165) is 33.8 Å². The molecule has 0 aliphatic carbocycles. The molecule has 4 nitrogen and oxygen atoms in total. The second-order valence-electron chi connectivity index (χ2n) is 13.0. The number of anilines is 3. The molecule has 240 valence electrons. The Balaban J connectivity index is 1.31. The maximum absolute atomic E-state index is 4.81. The summed E-state index contributed by atoms with van der Waals surface area (Å²) in [6, 6.07) is 66.2. The van der Waals surface area contributed by atoms with Gasteiger partial charge in [-0.25, -0.2) is 4.98 Å². The highest BCUT2D eigenvalue weighted by Crippen LogP contribution is 2.42. The molecule has 1 aliphatic rings. The van der Waals surface area contributed by atoms with Crippen molar-refractivity contribution in [2.45, 2.75) is 0 Å². The summed E-state index contributed by atoms with van der Waals surface area (Å²) in [6.07, 6.45) is 3.74. The van der Waals surface area contributed by atoms with E-state index in [1.807, 2.05) is 24.5 Å². The Morgan fingerprint density at radius 3 is 1.82 bits per heavy atom. The van der Waals surface area contributed by atoms with Gasteiger partial charge in [-0.1, -0.05) is 127 Å². The Morgan fingerprint density at radius 2 is 1.08 bits per heavy atom. The van der Waals surface area contributed by atoms with Gasteiger partial charge in [0.2, 0.25) is 0 Å². The van der Waals surface area contributed by atoms with E-state index in [1.54, 1.807) is 0 Å². The molecule has 0 N–H and O–H groups in total. The van der Waals surface area contributed by atoms with E-state index in [1.165, 1.54) is 42.9 Å². The first-order chi connectivity index (χ1) is 25.3. The maximum Gasteiger partial charge on any atom is 0.184 e. The van der Waals surface area contributed by atoms with Crippen molar-refractivity contribution in [2.75, 3.05) is 4.90 Å². The minimum Gasteiger partial charge on any atom is -0.311 e. The largest absolute Gasteiger partial charge is 0.311 e. The summed E-state index contributed by atoms with van der Waals surface area (Å²) < 4.78 is 2.29. The van der Waals surface area contributed by atoms with Crippen molar-refractivity contribution in [3.05, 3.63) is 194 Å². The number of benzene rings is 6. The van der Waals surface area contributed by atoms with Gasteiger partial charge in [0.15, 0.2) is 8.07 Å². The van der Waals surface area contributed by atoms with Crippen LogP contribution in [0.5, 0.6) is 0 Å². The zero-order valence-corrected chi connectivity index (χ0v) is 28.8.